The minimum Gasteiger partial charge on any atom is -0.396 e. The molecule has 0 aromatic carbocycles. The predicted octanol–water partition coefficient (Wildman–Crippen LogP) is 4.05. The van der Waals surface area contributed by atoms with Gasteiger partial charge in [-0.15, -0.1) is 0 Å². The SMILES string of the molecule is CCCOC(CCCCC/C=C/CCO)OCCC. The van der Waals surface area contributed by atoms with Crippen LogP contribution in [0.3, 0.4) is 0 Å². The summed E-state index contributed by atoms with van der Waals surface area (Å²) >= 11 is 0. The van der Waals surface area contributed by atoms with Crippen molar-refractivity contribution in [1.82, 2.24) is 0 Å². The molecular formula is C16H32O3. The van der Waals surface area contributed by atoms with Crippen LogP contribution in [-0.4, -0.2) is 31.2 Å². The maximum absolute atomic E-state index is 8.63. The second-order valence-electron chi connectivity index (χ2n) is 4.79. The van der Waals surface area contributed by atoms with Crippen LogP contribution in [0, 0.1) is 0 Å². The zero-order chi connectivity index (χ0) is 14.2. The fourth-order valence-corrected chi connectivity index (χ4v) is 1.77. The van der Waals surface area contributed by atoms with Crippen LogP contribution >= 0.6 is 0 Å². The maximum atomic E-state index is 8.63. The van der Waals surface area contributed by atoms with Crippen molar-refractivity contribution in [2.45, 2.75) is 71.5 Å². The molecule has 0 rings (SSSR count). The number of aliphatic hydroxyl groups excluding tert-OH is 1. The van der Waals surface area contributed by atoms with Crippen LogP contribution in [0.15, 0.2) is 12.2 Å². The summed E-state index contributed by atoms with van der Waals surface area (Å²) in [4.78, 5) is 0. The van der Waals surface area contributed by atoms with E-state index in [1.165, 1.54) is 12.8 Å². The molecule has 0 atom stereocenters. The zero-order valence-corrected chi connectivity index (χ0v) is 12.8. The molecule has 1 N–H and O–H groups in total. The zero-order valence-electron chi connectivity index (χ0n) is 12.8. The third-order valence-corrected chi connectivity index (χ3v) is 2.79. The monoisotopic (exact) mass is 272 g/mol. The van der Waals surface area contributed by atoms with Crippen LogP contribution in [0.4, 0.5) is 0 Å². The topological polar surface area (TPSA) is 38.7 Å². The van der Waals surface area contributed by atoms with Gasteiger partial charge in [0.05, 0.1) is 0 Å². The van der Waals surface area contributed by atoms with Crippen molar-refractivity contribution in [3.63, 3.8) is 0 Å². The highest BCUT2D eigenvalue weighted by Gasteiger charge is 2.07. The highest BCUT2D eigenvalue weighted by Crippen LogP contribution is 2.11. The molecule has 0 unspecified atom stereocenters. The second kappa shape index (κ2) is 15.7. The lowest BCUT2D eigenvalue weighted by Gasteiger charge is -2.17. The summed E-state index contributed by atoms with van der Waals surface area (Å²) in [6.07, 6.45) is 12.8. The van der Waals surface area contributed by atoms with Gasteiger partial charge in [0.25, 0.3) is 0 Å². The van der Waals surface area contributed by atoms with Gasteiger partial charge < -0.3 is 14.6 Å². The van der Waals surface area contributed by atoms with E-state index in [1.54, 1.807) is 0 Å². The van der Waals surface area contributed by atoms with E-state index in [0.717, 1.165) is 51.7 Å². The van der Waals surface area contributed by atoms with Gasteiger partial charge in [-0.05, 0) is 44.9 Å². The Morgan fingerprint density at radius 3 is 2.11 bits per heavy atom. The van der Waals surface area contributed by atoms with Gasteiger partial charge >= 0.3 is 0 Å². The lowest BCUT2D eigenvalue weighted by Crippen LogP contribution is -2.18. The van der Waals surface area contributed by atoms with Crippen molar-refractivity contribution in [3.05, 3.63) is 12.2 Å². The Morgan fingerprint density at radius 2 is 1.53 bits per heavy atom. The van der Waals surface area contributed by atoms with Gasteiger partial charge in [-0.2, -0.15) is 0 Å². The van der Waals surface area contributed by atoms with Crippen molar-refractivity contribution < 1.29 is 14.6 Å². The quantitative estimate of drug-likeness (QED) is 0.294. The van der Waals surface area contributed by atoms with E-state index in [0.29, 0.717) is 0 Å². The van der Waals surface area contributed by atoms with Gasteiger partial charge in [-0.1, -0.05) is 32.4 Å². The Balaban J connectivity index is 3.50. The Bertz CT molecular complexity index is 184. The molecule has 3 nitrogen and oxygen atoms in total. The van der Waals surface area contributed by atoms with Crippen LogP contribution < -0.4 is 0 Å². The van der Waals surface area contributed by atoms with Crippen LogP contribution in [0.2, 0.25) is 0 Å². The maximum Gasteiger partial charge on any atom is 0.157 e. The highest BCUT2D eigenvalue weighted by atomic mass is 16.7. The molecule has 0 radical (unpaired) electrons. The van der Waals surface area contributed by atoms with E-state index in [4.69, 9.17) is 14.6 Å². The number of rotatable bonds is 14. The van der Waals surface area contributed by atoms with Crippen molar-refractivity contribution in [1.29, 1.82) is 0 Å². The van der Waals surface area contributed by atoms with Gasteiger partial charge in [0.2, 0.25) is 0 Å². The van der Waals surface area contributed by atoms with E-state index in [9.17, 15) is 0 Å². The number of hydrogen-bond acceptors (Lipinski definition) is 3. The van der Waals surface area contributed by atoms with Crippen LogP contribution in [0.1, 0.15) is 65.2 Å². The molecule has 0 spiro atoms. The number of aliphatic hydroxyl groups is 1. The molecule has 0 amide bonds. The molecule has 114 valence electrons. The molecule has 0 aromatic heterocycles. The van der Waals surface area contributed by atoms with Gasteiger partial charge in [0.15, 0.2) is 6.29 Å². The number of ether oxygens (including phenoxy) is 2. The van der Waals surface area contributed by atoms with E-state index >= 15 is 0 Å². The fraction of sp³-hybridized carbons (Fsp3) is 0.875. The van der Waals surface area contributed by atoms with E-state index in [2.05, 4.69) is 26.0 Å². The molecule has 0 aliphatic carbocycles. The summed E-state index contributed by atoms with van der Waals surface area (Å²) < 4.78 is 11.4. The smallest absolute Gasteiger partial charge is 0.157 e. The largest absolute Gasteiger partial charge is 0.396 e. The summed E-state index contributed by atoms with van der Waals surface area (Å²) in [6.45, 7) is 6.07. The Kier molecular flexibility index (Phi) is 15.4. The first-order valence-electron chi connectivity index (χ1n) is 7.84. The molecule has 0 aromatic rings. The average Bonchev–Trinajstić information content (AvgIpc) is 2.43. The van der Waals surface area contributed by atoms with Crippen LogP contribution in [0.5, 0.6) is 0 Å². The number of allylic oxidation sites excluding steroid dienone is 1. The first-order chi connectivity index (χ1) is 9.35. The lowest BCUT2D eigenvalue weighted by molar-refractivity contribution is -0.146. The molecule has 0 saturated heterocycles. The minimum atomic E-state index is -0.00942. The molecule has 0 fully saturated rings. The minimum absolute atomic E-state index is 0.00942. The lowest BCUT2D eigenvalue weighted by atomic mass is 10.1. The van der Waals surface area contributed by atoms with E-state index < -0.39 is 0 Å². The average molecular weight is 272 g/mol. The fourth-order valence-electron chi connectivity index (χ4n) is 1.77. The Labute approximate surface area is 119 Å². The van der Waals surface area contributed by atoms with E-state index in [1.807, 2.05) is 0 Å². The van der Waals surface area contributed by atoms with Crippen LogP contribution in [-0.2, 0) is 9.47 Å². The molecular weight excluding hydrogens is 240 g/mol. The van der Waals surface area contributed by atoms with E-state index in [-0.39, 0.29) is 12.9 Å². The van der Waals surface area contributed by atoms with Crippen molar-refractivity contribution in [3.8, 4) is 0 Å². The van der Waals surface area contributed by atoms with Crippen LogP contribution in [0.25, 0.3) is 0 Å². The molecule has 0 bridgehead atoms. The van der Waals surface area contributed by atoms with Crippen molar-refractivity contribution >= 4 is 0 Å². The first-order valence-corrected chi connectivity index (χ1v) is 7.84. The molecule has 3 heteroatoms. The van der Waals surface area contributed by atoms with Gasteiger partial charge in [0.1, 0.15) is 0 Å². The standard InChI is InChI=1S/C16H32O3/c1-3-14-18-16(19-15-4-2)12-10-8-6-5-7-9-11-13-17/h7,9,16-17H,3-6,8,10-15H2,1-2H3/b9-7+. The molecule has 0 saturated carbocycles. The highest BCUT2D eigenvalue weighted by molar-refractivity contribution is 4.80. The summed E-state index contributed by atoms with van der Waals surface area (Å²) in [5, 5.41) is 8.63. The summed E-state index contributed by atoms with van der Waals surface area (Å²) in [5.41, 5.74) is 0. The van der Waals surface area contributed by atoms with Gasteiger partial charge in [0, 0.05) is 19.8 Å². The third kappa shape index (κ3) is 13.8. The summed E-state index contributed by atoms with van der Waals surface area (Å²) in [7, 11) is 0. The number of hydrogen-bond donors (Lipinski definition) is 1. The van der Waals surface area contributed by atoms with Gasteiger partial charge in [-0.25, -0.2) is 0 Å². The van der Waals surface area contributed by atoms with Crippen molar-refractivity contribution in [2.24, 2.45) is 0 Å². The molecule has 0 heterocycles. The Hall–Kier alpha value is -0.380. The summed E-state index contributed by atoms with van der Waals surface area (Å²) in [5.74, 6) is 0. The normalized spacial score (nSPS) is 11.8. The molecule has 0 aliphatic heterocycles. The predicted molar refractivity (Wildman–Crippen MR) is 80.2 cm³/mol. The molecule has 19 heavy (non-hydrogen) atoms. The second-order valence-corrected chi connectivity index (χ2v) is 4.79. The van der Waals surface area contributed by atoms with Gasteiger partial charge in [-0.3, -0.25) is 0 Å². The molecule has 0 aliphatic rings. The third-order valence-electron chi connectivity index (χ3n) is 2.79. The number of unbranched alkanes of at least 4 members (excludes halogenated alkanes) is 3. The first kappa shape index (κ1) is 18.6. The Morgan fingerprint density at radius 1 is 0.895 bits per heavy atom. The summed E-state index contributed by atoms with van der Waals surface area (Å²) in [6, 6.07) is 0. The van der Waals surface area contributed by atoms with Crippen molar-refractivity contribution in [2.75, 3.05) is 19.8 Å².